The third-order valence-corrected chi connectivity index (χ3v) is 3.38. The molecule has 0 aromatic heterocycles. The molecule has 0 radical (unpaired) electrons. The number of carbonyl (C=O) groups excluding carboxylic acids is 1. The van der Waals surface area contributed by atoms with E-state index < -0.39 is 0 Å². The molecule has 0 saturated carbocycles. The van der Waals surface area contributed by atoms with Crippen molar-refractivity contribution in [1.82, 2.24) is 5.32 Å². The van der Waals surface area contributed by atoms with Crippen molar-refractivity contribution in [2.45, 2.75) is 46.6 Å². The highest BCUT2D eigenvalue weighted by atomic mass is 16.5. The average Bonchev–Trinajstić information content (AvgIpc) is 2.50. The summed E-state index contributed by atoms with van der Waals surface area (Å²) in [5, 5.41) is 15.0. The summed E-state index contributed by atoms with van der Waals surface area (Å²) in [7, 11) is 0. The minimum Gasteiger partial charge on any atom is -0.483 e. The van der Waals surface area contributed by atoms with Crippen LogP contribution in [0.1, 0.15) is 44.7 Å². The van der Waals surface area contributed by atoms with Gasteiger partial charge in [0.25, 0.3) is 5.91 Å². The molecule has 2 N–H and O–H groups in total. The van der Waals surface area contributed by atoms with Crippen LogP contribution in [0.5, 0.6) is 5.75 Å². The summed E-state index contributed by atoms with van der Waals surface area (Å²) in [6.45, 7) is 7.65. The monoisotopic (exact) mass is 292 g/mol. The van der Waals surface area contributed by atoms with E-state index in [1.54, 1.807) is 13.0 Å². The summed E-state index contributed by atoms with van der Waals surface area (Å²) in [6.07, 6.45) is 1.79. The summed E-state index contributed by atoms with van der Waals surface area (Å²) in [6, 6.07) is 5.72. The van der Waals surface area contributed by atoms with Crippen molar-refractivity contribution < 1.29 is 14.7 Å². The molecule has 1 aromatic carbocycles. The first kappa shape index (κ1) is 17.0. The molecule has 0 aliphatic rings. The number of amides is 1. The first-order valence-electron chi connectivity index (χ1n) is 7.23. The number of aryl methyl sites for hydroxylation is 1. The molecule has 5 heteroatoms. The number of hydrogen-bond donors (Lipinski definition) is 2. The average molecular weight is 292 g/mol. The van der Waals surface area contributed by atoms with E-state index in [0.717, 1.165) is 18.4 Å². The number of rotatable bonds is 7. The second-order valence-electron chi connectivity index (χ2n) is 5.05. The van der Waals surface area contributed by atoms with E-state index in [0.29, 0.717) is 17.0 Å². The molecule has 0 saturated heterocycles. The number of carbonyl (C=O) groups is 1. The van der Waals surface area contributed by atoms with E-state index in [-0.39, 0.29) is 18.6 Å². The molecular formula is C16H24N2O3. The van der Waals surface area contributed by atoms with Crippen molar-refractivity contribution >= 4 is 11.6 Å². The Morgan fingerprint density at radius 3 is 2.62 bits per heavy atom. The SMILES string of the molecule is CCC(CC)NC(=O)COc1ccc(C)cc1C(C)=NO. The molecule has 0 heterocycles. The zero-order valence-corrected chi connectivity index (χ0v) is 13.1. The summed E-state index contributed by atoms with van der Waals surface area (Å²) in [5.74, 6) is 0.393. The van der Waals surface area contributed by atoms with Crippen LogP contribution in [0.4, 0.5) is 0 Å². The molecule has 116 valence electrons. The van der Waals surface area contributed by atoms with E-state index >= 15 is 0 Å². The standard InChI is InChI=1S/C16H24N2O3/c1-5-13(6-2)17-16(19)10-21-15-8-7-11(3)9-14(15)12(4)18-20/h7-9,13,20H,5-6,10H2,1-4H3,(H,17,19). The molecule has 0 spiro atoms. The summed E-state index contributed by atoms with van der Waals surface area (Å²) in [5.41, 5.74) is 2.17. The third-order valence-electron chi connectivity index (χ3n) is 3.38. The van der Waals surface area contributed by atoms with Gasteiger partial charge in [0.15, 0.2) is 6.61 Å². The van der Waals surface area contributed by atoms with Gasteiger partial charge in [-0.2, -0.15) is 0 Å². The van der Waals surface area contributed by atoms with E-state index in [9.17, 15) is 4.79 Å². The first-order chi connectivity index (χ1) is 10.0. The van der Waals surface area contributed by atoms with Gasteiger partial charge in [-0.1, -0.05) is 30.6 Å². The number of oxime groups is 1. The number of hydrogen-bond acceptors (Lipinski definition) is 4. The molecule has 0 fully saturated rings. The van der Waals surface area contributed by atoms with Gasteiger partial charge in [0.2, 0.25) is 0 Å². The first-order valence-corrected chi connectivity index (χ1v) is 7.23. The van der Waals surface area contributed by atoms with Crippen LogP contribution >= 0.6 is 0 Å². The van der Waals surface area contributed by atoms with Crippen molar-refractivity contribution in [3.8, 4) is 5.75 Å². The van der Waals surface area contributed by atoms with Gasteiger partial charge in [0.05, 0.1) is 5.71 Å². The van der Waals surface area contributed by atoms with Crippen LogP contribution < -0.4 is 10.1 Å². The van der Waals surface area contributed by atoms with E-state index in [1.807, 2.05) is 32.9 Å². The van der Waals surface area contributed by atoms with Crippen molar-refractivity contribution in [2.75, 3.05) is 6.61 Å². The molecule has 1 rings (SSSR count). The highest BCUT2D eigenvalue weighted by Gasteiger charge is 2.12. The molecule has 0 atom stereocenters. The molecule has 0 bridgehead atoms. The van der Waals surface area contributed by atoms with Crippen LogP contribution in [0, 0.1) is 6.92 Å². The van der Waals surface area contributed by atoms with E-state index in [1.165, 1.54) is 0 Å². The van der Waals surface area contributed by atoms with Gasteiger partial charge < -0.3 is 15.3 Å². The Labute approximate surface area is 126 Å². The maximum Gasteiger partial charge on any atom is 0.258 e. The predicted octanol–water partition coefficient (Wildman–Crippen LogP) is 2.88. The summed E-state index contributed by atoms with van der Waals surface area (Å²) >= 11 is 0. The van der Waals surface area contributed by atoms with Crippen LogP contribution in [0.3, 0.4) is 0 Å². The number of nitrogens with one attached hydrogen (secondary N) is 1. The lowest BCUT2D eigenvalue weighted by Crippen LogP contribution is -2.37. The summed E-state index contributed by atoms with van der Waals surface area (Å²) < 4.78 is 5.56. The molecule has 21 heavy (non-hydrogen) atoms. The van der Waals surface area contributed by atoms with Gasteiger partial charge in [0.1, 0.15) is 5.75 Å². The Morgan fingerprint density at radius 2 is 2.05 bits per heavy atom. The number of benzene rings is 1. The smallest absolute Gasteiger partial charge is 0.258 e. The largest absolute Gasteiger partial charge is 0.483 e. The maximum absolute atomic E-state index is 11.8. The Kier molecular flexibility index (Phi) is 6.72. The van der Waals surface area contributed by atoms with Crippen LogP contribution in [0.2, 0.25) is 0 Å². The topological polar surface area (TPSA) is 70.9 Å². The van der Waals surface area contributed by atoms with Crippen LogP contribution in [0.25, 0.3) is 0 Å². The number of ether oxygens (including phenoxy) is 1. The Morgan fingerprint density at radius 1 is 1.38 bits per heavy atom. The zero-order valence-electron chi connectivity index (χ0n) is 13.1. The van der Waals surface area contributed by atoms with Gasteiger partial charge in [-0.25, -0.2) is 0 Å². The third kappa shape index (κ3) is 5.10. The molecule has 0 aliphatic carbocycles. The normalized spacial score (nSPS) is 11.6. The number of nitrogens with zero attached hydrogens (tertiary/aromatic N) is 1. The molecule has 0 unspecified atom stereocenters. The van der Waals surface area contributed by atoms with Gasteiger partial charge in [-0.3, -0.25) is 4.79 Å². The highest BCUT2D eigenvalue weighted by Crippen LogP contribution is 2.21. The fourth-order valence-corrected chi connectivity index (χ4v) is 2.01. The molecule has 1 amide bonds. The van der Waals surface area contributed by atoms with Crippen LogP contribution in [-0.4, -0.2) is 29.5 Å². The second-order valence-corrected chi connectivity index (χ2v) is 5.05. The molecular weight excluding hydrogens is 268 g/mol. The van der Waals surface area contributed by atoms with Gasteiger partial charge in [-0.15, -0.1) is 0 Å². The maximum atomic E-state index is 11.8. The van der Waals surface area contributed by atoms with E-state index in [2.05, 4.69) is 10.5 Å². The Hall–Kier alpha value is -2.04. The highest BCUT2D eigenvalue weighted by molar-refractivity contribution is 6.01. The van der Waals surface area contributed by atoms with Crippen molar-refractivity contribution in [3.63, 3.8) is 0 Å². The predicted molar refractivity (Wildman–Crippen MR) is 83.2 cm³/mol. The lowest BCUT2D eigenvalue weighted by molar-refractivity contribution is -0.123. The Balaban J connectivity index is 2.73. The van der Waals surface area contributed by atoms with Gasteiger partial charge in [-0.05, 0) is 38.8 Å². The molecule has 1 aromatic rings. The van der Waals surface area contributed by atoms with Crippen molar-refractivity contribution in [1.29, 1.82) is 0 Å². The lowest BCUT2D eigenvalue weighted by atomic mass is 10.1. The van der Waals surface area contributed by atoms with Crippen LogP contribution in [-0.2, 0) is 4.79 Å². The fourth-order valence-electron chi connectivity index (χ4n) is 2.01. The van der Waals surface area contributed by atoms with Crippen molar-refractivity contribution in [3.05, 3.63) is 29.3 Å². The Bertz CT molecular complexity index is 508. The van der Waals surface area contributed by atoms with Gasteiger partial charge >= 0.3 is 0 Å². The zero-order chi connectivity index (χ0) is 15.8. The minimum absolute atomic E-state index is 0.0503. The van der Waals surface area contributed by atoms with Crippen molar-refractivity contribution in [2.24, 2.45) is 5.16 Å². The van der Waals surface area contributed by atoms with Crippen LogP contribution in [0.15, 0.2) is 23.4 Å². The van der Waals surface area contributed by atoms with E-state index in [4.69, 9.17) is 9.94 Å². The molecule has 5 nitrogen and oxygen atoms in total. The summed E-state index contributed by atoms with van der Waals surface area (Å²) in [4.78, 5) is 11.8. The molecule has 0 aliphatic heterocycles. The second kappa shape index (κ2) is 8.29. The quantitative estimate of drug-likeness (QED) is 0.461. The minimum atomic E-state index is -0.145. The van der Waals surface area contributed by atoms with Gasteiger partial charge in [0, 0.05) is 11.6 Å². The lowest BCUT2D eigenvalue weighted by Gasteiger charge is -2.16. The fraction of sp³-hybridized carbons (Fsp3) is 0.500.